The number of rotatable bonds is 4. The molecular weight excluding hydrogens is 324 g/mol. The summed E-state index contributed by atoms with van der Waals surface area (Å²) in [5.41, 5.74) is -0.535. The zero-order valence-corrected chi connectivity index (χ0v) is 13.8. The Morgan fingerprint density at radius 2 is 2.04 bits per heavy atom. The molecule has 1 aromatic heterocycles. The molecule has 0 unspecified atom stereocenters. The smallest absolute Gasteiger partial charge is 0.329 e. The number of carbonyl (C=O) groups excluding carboxylic acids is 2. The summed E-state index contributed by atoms with van der Waals surface area (Å²) in [5.74, 6) is -0.859. The van der Waals surface area contributed by atoms with Crippen LogP contribution < -0.4 is 11.2 Å². The molecule has 2 heterocycles. The van der Waals surface area contributed by atoms with Crippen molar-refractivity contribution in [3.8, 4) is 0 Å². The molecule has 0 bridgehead atoms. The number of nitrogens with zero attached hydrogens (tertiary/aromatic N) is 1. The van der Waals surface area contributed by atoms with E-state index in [1.807, 2.05) is 0 Å². The Hall–Kier alpha value is -2.03. The summed E-state index contributed by atoms with van der Waals surface area (Å²) in [7, 11) is 0. The highest BCUT2D eigenvalue weighted by atomic mass is 32.2. The molecule has 1 saturated heterocycles. The van der Waals surface area contributed by atoms with E-state index in [1.165, 1.54) is 36.4 Å². The summed E-state index contributed by atoms with van der Waals surface area (Å²) in [4.78, 5) is 47.9. The van der Waals surface area contributed by atoms with Gasteiger partial charge in [-0.1, -0.05) is 0 Å². The second-order valence-electron chi connectivity index (χ2n) is 5.29. The molecule has 1 N–H and O–H groups in total. The van der Waals surface area contributed by atoms with Gasteiger partial charge in [-0.25, -0.2) is 4.79 Å². The van der Waals surface area contributed by atoms with Gasteiger partial charge >= 0.3 is 17.6 Å². The largest absolute Gasteiger partial charge is 0.465 e. The van der Waals surface area contributed by atoms with Gasteiger partial charge in [-0.3, -0.25) is 23.9 Å². The molecule has 0 saturated carbocycles. The third-order valence-corrected chi connectivity index (χ3v) is 4.93. The van der Waals surface area contributed by atoms with E-state index >= 15 is 0 Å². The second kappa shape index (κ2) is 7.03. The van der Waals surface area contributed by atoms with Crippen molar-refractivity contribution in [1.82, 2.24) is 9.55 Å². The Kier molecular flexibility index (Phi) is 5.30. The fraction of sp³-hybridized carbons (Fsp3) is 0.571. The van der Waals surface area contributed by atoms with Gasteiger partial charge in [-0.2, -0.15) is 0 Å². The Morgan fingerprint density at radius 1 is 1.35 bits per heavy atom. The lowest BCUT2D eigenvalue weighted by Crippen LogP contribution is -2.32. The molecule has 0 spiro atoms. The van der Waals surface area contributed by atoms with Crippen molar-refractivity contribution in [2.75, 3.05) is 6.61 Å². The predicted octanol–water partition coefficient (Wildman–Crippen LogP) is 0.344. The van der Waals surface area contributed by atoms with E-state index in [0.29, 0.717) is 12.0 Å². The van der Waals surface area contributed by atoms with Gasteiger partial charge < -0.3 is 9.47 Å². The maximum atomic E-state index is 12.0. The first-order valence-electron chi connectivity index (χ1n) is 7.06. The third kappa shape index (κ3) is 4.25. The van der Waals surface area contributed by atoms with Crippen LogP contribution in [0.2, 0.25) is 0 Å². The van der Waals surface area contributed by atoms with Crippen LogP contribution in [0.4, 0.5) is 0 Å². The van der Waals surface area contributed by atoms with Gasteiger partial charge in [0, 0.05) is 32.0 Å². The highest BCUT2D eigenvalue weighted by Gasteiger charge is 2.39. The van der Waals surface area contributed by atoms with Gasteiger partial charge in [0.2, 0.25) is 0 Å². The lowest BCUT2D eigenvalue weighted by Gasteiger charge is -2.17. The van der Waals surface area contributed by atoms with Crippen LogP contribution in [0.15, 0.2) is 15.8 Å². The lowest BCUT2D eigenvalue weighted by molar-refractivity contribution is -0.148. The number of hydrogen-bond acceptors (Lipinski definition) is 7. The van der Waals surface area contributed by atoms with Gasteiger partial charge in [-0.15, -0.1) is 11.8 Å². The number of aromatic amines is 1. The molecule has 1 aliphatic heterocycles. The average molecular weight is 342 g/mol. The predicted molar refractivity (Wildman–Crippen MR) is 83.3 cm³/mol. The van der Waals surface area contributed by atoms with Crippen LogP contribution in [-0.4, -0.2) is 39.5 Å². The highest BCUT2D eigenvalue weighted by Crippen LogP contribution is 2.42. The molecule has 126 valence electrons. The molecule has 2 rings (SSSR count). The Balaban J connectivity index is 2.23. The topological polar surface area (TPSA) is 107 Å². The number of aromatic nitrogens is 2. The number of esters is 2. The van der Waals surface area contributed by atoms with Crippen LogP contribution in [0.3, 0.4) is 0 Å². The van der Waals surface area contributed by atoms with Crippen molar-refractivity contribution >= 4 is 23.7 Å². The summed E-state index contributed by atoms with van der Waals surface area (Å²) in [5, 5.41) is -0.588. The minimum Gasteiger partial charge on any atom is -0.465 e. The molecule has 3 atom stereocenters. The standard InChI is InChI=1S/C14H18N2O6S/c1-7-5-16(14(20)15-13(7)19)12-4-10(22-9(3)18)11(23-12)6-21-8(2)17/h5,10-12H,4,6H2,1-3H3,(H,15,19,20)/t10-,11+,12+/m0/s1. The zero-order chi connectivity index (χ0) is 17.1. The maximum absolute atomic E-state index is 12.0. The van der Waals surface area contributed by atoms with Crippen LogP contribution in [-0.2, 0) is 19.1 Å². The van der Waals surface area contributed by atoms with Crippen molar-refractivity contribution in [1.29, 1.82) is 0 Å². The number of hydrogen-bond donors (Lipinski definition) is 1. The van der Waals surface area contributed by atoms with Crippen molar-refractivity contribution in [2.24, 2.45) is 0 Å². The fourth-order valence-corrected chi connectivity index (χ4v) is 3.84. The molecule has 1 aromatic rings. The van der Waals surface area contributed by atoms with Crippen molar-refractivity contribution in [2.45, 2.75) is 43.9 Å². The molecule has 8 nitrogen and oxygen atoms in total. The Labute approximate surface area is 136 Å². The van der Waals surface area contributed by atoms with Gasteiger partial charge in [-0.05, 0) is 6.92 Å². The fourth-order valence-electron chi connectivity index (χ4n) is 2.36. The number of nitrogens with one attached hydrogen (secondary N) is 1. The number of carbonyl (C=O) groups is 2. The van der Waals surface area contributed by atoms with Crippen molar-refractivity contribution in [3.63, 3.8) is 0 Å². The minimum atomic E-state index is -0.521. The molecule has 0 aromatic carbocycles. The van der Waals surface area contributed by atoms with E-state index in [4.69, 9.17) is 9.47 Å². The summed E-state index contributed by atoms with van der Waals surface area (Å²) in [6, 6.07) is 0. The Morgan fingerprint density at radius 3 is 2.65 bits per heavy atom. The Bertz CT molecular complexity index is 725. The molecule has 1 fully saturated rings. The van der Waals surface area contributed by atoms with Gasteiger partial charge in [0.1, 0.15) is 12.7 Å². The van der Waals surface area contributed by atoms with Gasteiger partial charge in [0.15, 0.2) is 0 Å². The minimum absolute atomic E-state index is 0.0888. The first-order chi connectivity index (χ1) is 10.8. The van der Waals surface area contributed by atoms with Gasteiger partial charge in [0.05, 0.1) is 10.6 Å². The quantitative estimate of drug-likeness (QED) is 0.786. The first-order valence-corrected chi connectivity index (χ1v) is 8.00. The molecule has 0 aliphatic carbocycles. The molecule has 1 aliphatic rings. The van der Waals surface area contributed by atoms with E-state index in [-0.39, 0.29) is 17.2 Å². The van der Waals surface area contributed by atoms with Crippen LogP contribution in [0.25, 0.3) is 0 Å². The van der Waals surface area contributed by atoms with Gasteiger partial charge in [0.25, 0.3) is 5.56 Å². The summed E-state index contributed by atoms with van der Waals surface area (Å²) < 4.78 is 11.7. The molecule has 0 amide bonds. The first kappa shape index (κ1) is 17.3. The molecule has 23 heavy (non-hydrogen) atoms. The number of thioether (sulfide) groups is 1. The number of H-pyrrole nitrogens is 1. The van der Waals surface area contributed by atoms with Crippen molar-refractivity contribution in [3.05, 3.63) is 32.6 Å². The second-order valence-corrected chi connectivity index (χ2v) is 6.72. The maximum Gasteiger partial charge on any atom is 0.329 e. The summed E-state index contributed by atoms with van der Waals surface area (Å²) >= 11 is 1.37. The van der Waals surface area contributed by atoms with Crippen LogP contribution in [0, 0.1) is 6.92 Å². The number of aryl methyl sites for hydroxylation is 1. The van der Waals surface area contributed by atoms with E-state index < -0.39 is 29.3 Å². The van der Waals surface area contributed by atoms with Crippen LogP contribution in [0.1, 0.15) is 31.2 Å². The monoisotopic (exact) mass is 342 g/mol. The summed E-state index contributed by atoms with van der Waals surface area (Å²) in [6.07, 6.45) is 1.40. The molecule has 9 heteroatoms. The molecule has 0 radical (unpaired) electrons. The van der Waals surface area contributed by atoms with Crippen LogP contribution >= 0.6 is 11.8 Å². The van der Waals surface area contributed by atoms with Crippen molar-refractivity contribution < 1.29 is 19.1 Å². The SMILES string of the molecule is CC(=O)OC[C@H]1S[C@@H](n2cc(C)c(=O)[nH]c2=O)C[C@@H]1OC(C)=O. The molecular formula is C14H18N2O6S. The highest BCUT2D eigenvalue weighted by molar-refractivity contribution is 8.00. The van der Waals surface area contributed by atoms with E-state index in [0.717, 1.165) is 0 Å². The third-order valence-electron chi connectivity index (χ3n) is 3.40. The zero-order valence-electron chi connectivity index (χ0n) is 13.0. The van der Waals surface area contributed by atoms with Crippen LogP contribution in [0.5, 0.6) is 0 Å². The van der Waals surface area contributed by atoms with E-state index in [1.54, 1.807) is 6.92 Å². The normalized spacial score (nSPS) is 23.5. The van der Waals surface area contributed by atoms with E-state index in [2.05, 4.69) is 4.98 Å². The number of ether oxygens (including phenoxy) is 2. The average Bonchev–Trinajstić information content (AvgIpc) is 2.82. The van der Waals surface area contributed by atoms with E-state index in [9.17, 15) is 19.2 Å². The summed E-state index contributed by atoms with van der Waals surface area (Å²) in [6.45, 7) is 4.30. The lowest BCUT2D eigenvalue weighted by atomic mass is 10.2.